The quantitative estimate of drug-likeness (QED) is 0.0630. The lowest BCUT2D eigenvalue weighted by Crippen LogP contribution is -2.37. The van der Waals surface area contributed by atoms with Gasteiger partial charge in [-0.15, -0.1) is 9.46 Å². The first-order valence-corrected chi connectivity index (χ1v) is 29.1. The molecule has 4 N–H and O–H groups in total. The molecule has 2 aromatic heterocycles. The molecule has 0 spiro atoms. The van der Waals surface area contributed by atoms with Crippen molar-refractivity contribution in [2.24, 2.45) is 0 Å². The highest BCUT2D eigenvalue weighted by Crippen LogP contribution is 2.58. The largest absolute Gasteiger partial charge is 0.492 e. The van der Waals surface area contributed by atoms with E-state index in [0.29, 0.717) is 46.3 Å². The molecular formula is C62H70N8O12. The number of ether oxygens (including phenoxy) is 2. The van der Waals surface area contributed by atoms with Crippen molar-refractivity contribution in [3.8, 4) is 46.5 Å². The van der Waals surface area contributed by atoms with Crippen molar-refractivity contribution in [2.75, 3.05) is 81.8 Å². The highest BCUT2D eigenvalue weighted by atomic mass is 16.7. The zero-order chi connectivity index (χ0) is 56.9. The summed E-state index contributed by atoms with van der Waals surface area (Å²) in [5.41, 5.74) is 12.0. The summed E-state index contributed by atoms with van der Waals surface area (Å²) in [7, 11) is 0. The fraction of sp³-hybridized carbons (Fsp3) is 0.419. The van der Waals surface area contributed by atoms with Crippen molar-refractivity contribution in [3.63, 3.8) is 0 Å². The third-order valence-electron chi connectivity index (χ3n) is 16.9. The molecule has 20 heteroatoms. The van der Waals surface area contributed by atoms with E-state index in [2.05, 4.69) is 40.7 Å². The molecule has 6 aromatic rings. The molecule has 0 radical (unpaired) electrons. The summed E-state index contributed by atoms with van der Waals surface area (Å²) < 4.78 is 15.0. The molecule has 4 aromatic carbocycles. The lowest BCUT2D eigenvalue weighted by molar-refractivity contribution is -0.146. The van der Waals surface area contributed by atoms with Crippen molar-refractivity contribution in [1.29, 1.82) is 0 Å². The van der Waals surface area contributed by atoms with Crippen LogP contribution in [0.2, 0.25) is 0 Å². The number of benzene rings is 4. The predicted octanol–water partition coefficient (Wildman–Crippen LogP) is 9.62. The Balaban J connectivity index is 0.717. The van der Waals surface area contributed by atoms with Crippen molar-refractivity contribution >= 4 is 69.3 Å². The van der Waals surface area contributed by atoms with Gasteiger partial charge in [0.15, 0.2) is 23.0 Å². The minimum atomic E-state index is -0.745. The fourth-order valence-electron chi connectivity index (χ4n) is 13.0. The third-order valence-corrected chi connectivity index (χ3v) is 16.9. The Morgan fingerprint density at radius 3 is 1.51 bits per heavy atom. The maximum absolute atomic E-state index is 14.8. The van der Waals surface area contributed by atoms with E-state index in [1.54, 1.807) is 11.0 Å². The Bertz CT molecular complexity index is 3410. The highest BCUT2D eigenvalue weighted by Gasteiger charge is 2.40. The summed E-state index contributed by atoms with van der Waals surface area (Å²) in [6.45, 7) is 12.6. The van der Waals surface area contributed by atoms with Gasteiger partial charge in [0, 0.05) is 148 Å². The first-order valence-electron chi connectivity index (χ1n) is 29.1. The van der Waals surface area contributed by atoms with E-state index >= 15 is 0 Å². The lowest BCUT2D eigenvalue weighted by atomic mass is 9.87. The number of hydrogen-bond donors (Lipinski definition) is 4. The molecule has 0 saturated heterocycles. The summed E-state index contributed by atoms with van der Waals surface area (Å²) in [5.74, 6) is -1.23. The number of anilines is 8. The average Bonchev–Trinajstić information content (AvgIpc) is 2.20. The van der Waals surface area contributed by atoms with Gasteiger partial charge in [-0.05, 0) is 139 Å². The van der Waals surface area contributed by atoms with Crippen molar-refractivity contribution in [1.82, 2.24) is 9.46 Å². The van der Waals surface area contributed by atoms with Crippen LogP contribution in [0.15, 0.2) is 66.7 Å². The smallest absolute Gasteiger partial charge is 0.333 e. The van der Waals surface area contributed by atoms with Crippen LogP contribution in [-0.2, 0) is 51.3 Å². The van der Waals surface area contributed by atoms with E-state index in [1.807, 2.05) is 47.1 Å². The molecule has 82 heavy (non-hydrogen) atoms. The van der Waals surface area contributed by atoms with Crippen LogP contribution >= 0.6 is 0 Å². The van der Waals surface area contributed by atoms with Gasteiger partial charge in [-0.1, -0.05) is 0 Å². The fourth-order valence-corrected chi connectivity index (χ4v) is 13.0. The SMILES string of the molecule is CCN(CC)c1ccc2c(c1)Oc1cc(N(CC)CCc3cc(O)n(OC(=O)CCCC(=O)N4c5cc6c7c(c5Oc5c4cc4c8c5CCCN8CCC4)CCCN7CCC6)c3O)ccc1N2C(=O)CCCC(=O)On1c(O)ccc1O. The second-order valence-electron chi connectivity index (χ2n) is 21.9. The number of carbonyl (C=O) groups excluding carboxylic acids is 4. The van der Waals surface area contributed by atoms with Gasteiger partial charge in [-0.25, -0.2) is 9.59 Å². The molecule has 6 aliphatic rings. The number of aromatic nitrogens is 2. The number of aromatic hydroxyl groups is 4. The Hall–Kier alpha value is -8.68. The number of rotatable bonds is 18. The first kappa shape index (κ1) is 53.9. The maximum atomic E-state index is 14.8. The lowest BCUT2D eigenvalue weighted by Gasteiger charge is -2.43. The van der Waals surface area contributed by atoms with Gasteiger partial charge in [0.1, 0.15) is 0 Å². The second-order valence-corrected chi connectivity index (χ2v) is 21.9. The number of amides is 2. The number of nitrogens with zero attached hydrogens (tertiary/aromatic N) is 8. The normalized spacial score (nSPS) is 15.2. The number of likely N-dealkylation sites (N-methyl/N-ethyl adjacent to an activating group) is 1. The van der Waals surface area contributed by atoms with Crippen LogP contribution in [0.4, 0.5) is 45.5 Å². The molecule has 0 saturated carbocycles. The van der Waals surface area contributed by atoms with Crippen LogP contribution in [-0.4, -0.2) is 106 Å². The Kier molecular flexibility index (Phi) is 14.7. The van der Waals surface area contributed by atoms with Crippen LogP contribution in [0, 0.1) is 0 Å². The molecule has 430 valence electrons. The van der Waals surface area contributed by atoms with Crippen LogP contribution in [0.1, 0.15) is 113 Å². The van der Waals surface area contributed by atoms with E-state index in [-0.39, 0.29) is 56.8 Å². The van der Waals surface area contributed by atoms with Gasteiger partial charge in [-0.3, -0.25) is 19.4 Å². The predicted molar refractivity (Wildman–Crippen MR) is 309 cm³/mol. The van der Waals surface area contributed by atoms with E-state index in [1.165, 1.54) is 51.8 Å². The number of hydrogen-bond acceptors (Lipinski definition) is 16. The van der Waals surface area contributed by atoms with Gasteiger partial charge in [0.2, 0.25) is 35.3 Å². The molecule has 0 aliphatic carbocycles. The van der Waals surface area contributed by atoms with E-state index in [0.717, 1.165) is 130 Å². The molecule has 0 unspecified atom stereocenters. The van der Waals surface area contributed by atoms with Gasteiger partial charge in [-0.2, -0.15) is 0 Å². The second kappa shape index (κ2) is 22.3. The van der Waals surface area contributed by atoms with Gasteiger partial charge in [0.05, 0.1) is 22.7 Å². The topological polar surface area (TPSA) is 215 Å². The molecule has 2 amide bonds. The molecule has 0 bridgehead atoms. The Morgan fingerprint density at radius 2 is 1.00 bits per heavy atom. The van der Waals surface area contributed by atoms with Gasteiger partial charge >= 0.3 is 11.9 Å². The minimum Gasteiger partial charge on any atom is -0.492 e. The summed E-state index contributed by atoms with van der Waals surface area (Å²) in [4.78, 5) is 78.4. The monoisotopic (exact) mass is 1120 g/mol. The number of carbonyl (C=O) groups is 4. The average molecular weight is 1120 g/mol. The Morgan fingerprint density at radius 1 is 0.524 bits per heavy atom. The first-order chi connectivity index (χ1) is 39.8. The third kappa shape index (κ3) is 9.84. The summed E-state index contributed by atoms with van der Waals surface area (Å²) in [5, 5.41) is 42.2. The van der Waals surface area contributed by atoms with Crippen molar-refractivity contribution < 1.29 is 58.8 Å². The maximum Gasteiger partial charge on any atom is 0.333 e. The van der Waals surface area contributed by atoms with Gasteiger partial charge in [0.25, 0.3) is 0 Å². The zero-order valence-corrected chi connectivity index (χ0v) is 46.7. The van der Waals surface area contributed by atoms with E-state index in [9.17, 15) is 39.6 Å². The van der Waals surface area contributed by atoms with Crippen LogP contribution in [0.25, 0.3) is 0 Å². The standard InChI is InChI=1S/C62H70N8O12/c1-4-63(5-2)41-21-23-45-49(36-41)79-50-37-42(22-24-46(50)67(45)51(71)17-7-19-56(76)81-69-53(73)25-26-54(69)74)64(6-3)32-27-40-35-55(75)70(62(40)78)82-57(77)20-8-18-52(72)68-47-33-38-13-9-28-65-30-11-15-43(58(38)65)60(47)80-61-44-16-12-31-66-29-10-14-39(59(44)66)34-48(61)68/h21-26,33-37,73-75,78H,4-20,27-32H2,1-3H3. The molecule has 12 rings (SSSR count). The highest BCUT2D eigenvalue weighted by molar-refractivity contribution is 6.07. The van der Waals surface area contributed by atoms with E-state index < -0.39 is 35.5 Å². The summed E-state index contributed by atoms with van der Waals surface area (Å²) in [6, 6.07) is 19.3. The number of aryl methyl sites for hydroxylation is 2. The van der Waals surface area contributed by atoms with Gasteiger partial charge < -0.3 is 59.2 Å². The van der Waals surface area contributed by atoms with Crippen LogP contribution < -0.4 is 48.5 Å². The Labute approximate surface area is 475 Å². The summed E-state index contributed by atoms with van der Waals surface area (Å²) >= 11 is 0. The van der Waals surface area contributed by atoms with E-state index in [4.69, 9.17) is 19.1 Å². The molecule has 20 nitrogen and oxygen atoms in total. The van der Waals surface area contributed by atoms with Crippen LogP contribution in [0.3, 0.4) is 0 Å². The van der Waals surface area contributed by atoms with Crippen LogP contribution in [0.5, 0.6) is 46.5 Å². The van der Waals surface area contributed by atoms with Crippen molar-refractivity contribution in [3.05, 3.63) is 94.5 Å². The molecule has 0 atom stereocenters. The zero-order valence-electron chi connectivity index (χ0n) is 46.7. The molecular weight excluding hydrogens is 1050 g/mol. The minimum absolute atomic E-state index is 0.0366. The molecule has 0 fully saturated rings. The van der Waals surface area contributed by atoms with Crippen molar-refractivity contribution in [2.45, 2.75) is 117 Å². The summed E-state index contributed by atoms with van der Waals surface area (Å²) in [6.07, 6.45) is 7.99. The molecule has 8 heterocycles. The number of fused-ring (bicyclic) bond motifs is 6. The molecule has 6 aliphatic heterocycles.